The molecule has 0 aliphatic heterocycles. The van der Waals surface area contributed by atoms with Crippen molar-refractivity contribution < 1.29 is 17.9 Å². The number of benzene rings is 2. The van der Waals surface area contributed by atoms with E-state index >= 15 is 0 Å². The number of nitrogens with one attached hydrogen (secondary N) is 1. The summed E-state index contributed by atoms with van der Waals surface area (Å²) < 4.78 is 37.5. The third-order valence-electron chi connectivity index (χ3n) is 2.98. The van der Waals surface area contributed by atoms with Crippen LogP contribution in [0.1, 0.15) is 5.56 Å². The summed E-state index contributed by atoms with van der Waals surface area (Å²) in [6.07, 6.45) is 0. The average molecular weight is 307 g/mol. The average Bonchev–Trinajstić information content (AvgIpc) is 2.47. The second kappa shape index (κ2) is 6.05. The molecule has 6 heteroatoms. The van der Waals surface area contributed by atoms with Crippen LogP contribution in [0.2, 0.25) is 0 Å². The lowest BCUT2D eigenvalue weighted by Gasteiger charge is -2.13. The van der Waals surface area contributed by atoms with Gasteiger partial charge in [-0.05, 0) is 31.2 Å². The first kappa shape index (κ1) is 15.2. The molecule has 0 aromatic heterocycles. The van der Waals surface area contributed by atoms with Crippen LogP contribution in [0.3, 0.4) is 0 Å². The first-order chi connectivity index (χ1) is 9.96. The number of anilines is 1. The lowest BCUT2D eigenvalue weighted by Crippen LogP contribution is -2.13. The van der Waals surface area contributed by atoms with E-state index in [0.717, 1.165) is 5.56 Å². The van der Waals surface area contributed by atoms with Crippen molar-refractivity contribution >= 4 is 15.7 Å². The molecule has 0 spiro atoms. The van der Waals surface area contributed by atoms with E-state index in [1.54, 1.807) is 42.5 Å². The Bertz CT molecular complexity index is 724. The molecule has 5 nitrogen and oxygen atoms in total. The number of hydrogen-bond acceptors (Lipinski definition) is 4. The Morgan fingerprint density at radius 2 is 1.62 bits per heavy atom. The summed E-state index contributed by atoms with van der Waals surface area (Å²) in [7, 11) is -0.650. The van der Waals surface area contributed by atoms with Gasteiger partial charge in [0.2, 0.25) is 0 Å². The van der Waals surface area contributed by atoms with Crippen molar-refractivity contribution in [2.75, 3.05) is 18.9 Å². The molecule has 2 rings (SSSR count). The number of rotatable bonds is 5. The molecule has 2 aromatic carbocycles. The van der Waals surface area contributed by atoms with E-state index in [0.29, 0.717) is 17.2 Å². The molecule has 0 aliphatic rings. The molecule has 2 aromatic rings. The second-order valence-electron chi connectivity index (χ2n) is 4.48. The number of sulfonamides is 1. The molecule has 0 bridgehead atoms. The van der Waals surface area contributed by atoms with Crippen LogP contribution in [0, 0.1) is 6.92 Å². The van der Waals surface area contributed by atoms with Crippen molar-refractivity contribution in [2.24, 2.45) is 0 Å². The van der Waals surface area contributed by atoms with Gasteiger partial charge in [0.1, 0.15) is 11.5 Å². The van der Waals surface area contributed by atoms with Crippen molar-refractivity contribution in [2.45, 2.75) is 11.8 Å². The van der Waals surface area contributed by atoms with Crippen LogP contribution in [-0.2, 0) is 10.0 Å². The summed E-state index contributed by atoms with van der Waals surface area (Å²) in [6, 6.07) is 11.5. The lowest BCUT2D eigenvalue weighted by atomic mass is 10.2. The highest BCUT2D eigenvalue weighted by Gasteiger charge is 2.16. The van der Waals surface area contributed by atoms with Gasteiger partial charge in [0.05, 0.1) is 24.8 Å². The molecule has 0 fully saturated rings. The first-order valence-corrected chi connectivity index (χ1v) is 7.76. The molecule has 0 amide bonds. The van der Waals surface area contributed by atoms with Crippen molar-refractivity contribution in [1.29, 1.82) is 0 Å². The third-order valence-corrected chi connectivity index (χ3v) is 4.37. The molecule has 1 N–H and O–H groups in total. The van der Waals surface area contributed by atoms with Crippen molar-refractivity contribution in [3.63, 3.8) is 0 Å². The minimum Gasteiger partial charge on any atom is -0.497 e. The van der Waals surface area contributed by atoms with Crippen molar-refractivity contribution in [1.82, 2.24) is 0 Å². The predicted molar refractivity (Wildman–Crippen MR) is 81.5 cm³/mol. The predicted octanol–water partition coefficient (Wildman–Crippen LogP) is 2.81. The largest absolute Gasteiger partial charge is 0.497 e. The van der Waals surface area contributed by atoms with Gasteiger partial charge in [-0.3, -0.25) is 4.72 Å². The smallest absolute Gasteiger partial charge is 0.262 e. The van der Waals surface area contributed by atoms with E-state index < -0.39 is 10.0 Å². The highest BCUT2D eigenvalue weighted by Crippen LogP contribution is 2.30. The molecule has 0 heterocycles. The van der Waals surface area contributed by atoms with Crippen LogP contribution >= 0.6 is 0 Å². The van der Waals surface area contributed by atoms with Crippen LogP contribution in [0.5, 0.6) is 11.5 Å². The molecule has 0 unspecified atom stereocenters. The SMILES string of the molecule is COc1ccc(NS(=O)(=O)c2ccc(C)cc2)c(OC)c1. The van der Waals surface area contributed by atoms with Gasteiger partial charge in [-0.1, -0.05) is 17.7 Å². The van der Waals surface area contributed by atoms with Crippen LogP contribution in [-0.4, -0.2) is 22.6 Å². The molecule has 0 atom stereocenters. The molecule has 0 saturated heterocycles. The van der Waals surface area contributed by atoms with Gasteiger partial charge < -0.3 is 9.47 Å². The second-order valence-corrected chi connectivity index (χ2v) is 6.17. The third kappa shape index (κ3) is 3.46. The fourth-order valence-corrected chi connectivity index (χ4v) is 2.87. The summed E-state index contributed by atoms with van der Waals surface area (Å²) in [5.74, 6) is 0.982. The molecule has 0 saturated carbocycles. The zero-order valence-electron chi connectivity index (χ0n) is 12.1. The van der Waals surface area contributed by atoms with Gasteiger partial charge in [0, 0.05) is 6.07 Å². The summed E-state index contributed by atoms with van der Waals surface area (Å²) in [5, 5.41) is 0. The maximum Gasteiger partial charge on any atom is 0.262 e. The van der Waals surface area contributed by atoms with Crippen molar-refractivity contribution in [3.05, 3.63) is 48.0 Å². The van der Waals surface area contributed by atoms with Crippen LogP contribution in [0.4, 0.5) is 5.69 Å². The zero-order chi connectivity index (χ0) is 15.5. The van der Waals surface area contributed by atoms with Gasteiger partial charge in [-0.15, -0.1) is 0 Å². The first-order valence-electron chi connectivity index (χ1n) is 6.28. The Hall–Kier alpha value is -2.21. The molecular formula is C15H17NO4S. The van der Waals surface area contributed by atoms with E-state index in [1.807, 2.05) is 6.92 Å². The highest BCUT2D eigenvalue weighted by atomic mass is 32.2. The maximum atomic E-state index is 12.3. The van der Waals surface area contributed by atoms with Gasteiger partial charge >= 0.3 is 0 Å². The van der Waals surface area contributed by atoms with Crippen LogP contribution in [0.25, 0.3) is 0 Å². The monoisotopic (exact) mass is 307 g/mol. The van der Waals surface area contributed by atoms with E-state index in [1.165, 1.54) is 14.2 Å². The fourth-order valence-electron chi connectivity index (χ4n) is 1.80. The van der Waals surface area contributed by atoms with Gasteiger partial charge in [0.25, 0.3) is 10.0 Å². The van der Waals surface area contributed by atoms with Gasteiger partial charge in [0.15, 0.2) is 0 Å². The minimum absolute atomic E-state index is 0.200. The molecule has 0 radical (unpaired) electrons. The normalized spacial score (nSPS) is 11.0. The summed E-state index contributed by atoms with van der Waals surface area (Å²) in [4.78, 5) is 0.200. The Morgan fingerprint density at radius 3 is 2.19 bits per heavy atom. The van der Waals surface area contributed by atoms with Gasteiger partial charge in [-0.25, -0.2) is 8.42 Å². The Balaban J connectivity index is 2.34. The molecular weight excluding hydrogens is 290 g/mol. The summed E-state index contributed by atoms with van der Waals surface area (Å²) in [5.41, 5.74) is 1.36. The fraction of sp³-hybridized carbons (Fsp3) is 0.200. The van der Waals surface area contributed by atoms with Gasteiger partial charge in [-0.2, -0.15) is 0 Å². The molecule has 0 aliphatic carbocycles. The number of aryl methyl sites for hydroxylation is 1. The van der Waals surface area contributed by atoms with E-state index in [4.69, 9.17) is 9.47 Å². The van der Waals surface area contributed by atoms with E-state index in [-0.39, 0.29) is 4.90 Å². The zero-order valence-corrected chi connectivity index (χ0v) is 12.9. The standard InChI is InChI=1S/C15H17NO4S/c1-11-4-7-13(8-5-11)21(17,18)16-14-9-6-12(19-2)10-15(14)20-3/h4-10,16H,1-3H3. The number of hydrogen-bond donors (Lipinski definition) is 1. The lowest BCUT2D eigenvalue weighted by molar-refractivity contribution is 0.395. The number of ether oxygens (including phenoxy) is 2. The summed E-state index contributed by atoms with van der Waals surface area (Å²) in [6.45, 7) is 1.90. The van der Waals surface area contributed by atoms with Crippen molar-refractivity contribution in [3.8, 4) is 11.5 Å². The van der Waals surface area contributed by atoms with E-state index in [2.05, 4.69) is 4.72 Å². The Labute approximate surface area is 124 Å². The van der Waals surface area contributed by atoms with Crippen LogP contribution in [0.15, 0.2) is 47.4 Å². The maximum absolute atomic E-state index is 12.3. The quantitative estimate of drug-likeness (QED) is 0.922. The van der Waals surface area contributed by atoms with Crippen LogP contribution < -0.4 is 14.2 Å². The molecule has 21 heavy (non-hydrogen) atoms. The topological polar surface area (TPSA) is 64.6 Å². The Morgan fingerprint density at radius 1 is 0.952 bits per heavy atom. The number of methoxy groups -OCH3 is 2. The highest BCUT2D eigenvalue weighted by molar-refractivity contribution is 7.92. The minimum atomic E-state index is -3.65. The summed E-state index contributed by atoms with van der Waals surface area (Å²) >= 11 is 0. The Kier molecular flexibility index (Phi) is 4.37. The molecule has 112 valence electrons. The van der Waals surface area contributed by atoms with E-state index in [9.17, 15) is 8.42 Å².